The molecule has 150 valence electrons. The number of aliphatic hydroxyl groups excluding tert-OH is 2. The molecule has 0 radical (unpaired) electrons. The highest BCUT2D eigenvalue weighted by atomic mass is 16.3. The summed E-state index contributed by atoms with van der Waals surface area (Å²) in [6.07, 6.45) is -1.06. The maximum Gasteiger partial charge on any atom is 0.332 e. The van der Waals surface area contributed by atoms with E-state index in [0.717, 1.165) is 10.1 Å². The van der Waals surface area contributed by atoms with Gasteiger partial charge in [0.1, 0.15) is 0 Å². The molecule has 0 amide bonds. The number of aryl methyl sites for hydroxylation is 1. The monoisotopic (exact) mass is 387 g/mol. The van der Waals surface area contributed by atoms with E-state index in [1.807, 2.05) is 42.2 Å². The minimum absolute atomic E-state index is 0.0128. The predicted molar refractivity (Wildman–Crippen MR) is 106 cm³/mol. The number of nitrogens with zero attached hydrogens (tertiary/aromatic N) is 5. The van der Waals surface area contributed by atoms with E-state index in [9.17, 15) is 19.8 Å². The molecule has 9 heteroatoms. The highest BCUT2D eigenvalue weighted by Crippen LogP contribution is 2.22. The Morgan fingerprint density at radius 1 is 1.14 bits per heavy atom. The summed E-state index contributed by atoms with van der Waals surface area (Å²) in [6, 6.07) is 9.81. The highest BCUT2D eigenvalue weighted by Gasteiger charge is 2.23. The fourth-order valence-corrected chi connectivity index (χ4v) is 3.25. The third kappa shape index (κ3) is 3.46. The molecule has 1 aromatic carbocycles. The predicted octanol–water partition coefficient (Wildman–Crippen LogP) is -0.187. The van der Waals surface area contributed by atoms with Gasteiger partial charge in [0, 0.05) is 27.2 Å². The molecule has 0 saturated heterocycles. The van der Waals surface area contributed by atoms with E-state index in [-0.39, 0.29) is 17.7 Å². The number of hydrogen-bond acceptors (Lipinski definition) is 6. The summed E-state index contributed by atoms with van der Waals surface area (Å²) in [5.74, 6) is 0.465. The largest absolute Gasteiger partial charge is 0.394 e. The van der Waals surface area contributed by atoms with Crippen molar-refractivity contribution < 1.29 is 10.2 Å². The van der Waals surface area contributed by atoms with Gasteiger partial charge in [0.2, 0.25) is 5.95 Å². The normalized spacial score (nSPS) is 12.5. The van der Waals surface area contributed by atoms with Crippen molar-refractivity contribution in [1.29, 1.82) is 0 Å². The van der Waals surface area contributed by atoms with E-state index in [1.165, 1.54) is 11.6 Å². The molecule has 0 fully saturated rings. The van der Waals surface area contributed by atoms with Crippen molar-refractivity contribution in [2.24, 2.45) is 14.1 Å². The van der Waals surface area contributed by atoms with Crippen LogP contribution in [0.15, 0.2) is 39.9 Å². The van der Waals surface area contributed by atoms with Gasteiger partial charge in [0.05, 0.1) is 19.3 Å². The third-order valence-corrected chi connectivity index (χ3v) is 4.81. The average Bonchev–Trinajstić information content (AvgIpc) is 3.08. The van der Waals surface area contributed by atoms with Crippen LogP contribution in [-0.2, 0) is 27.2 Å². The van der Waals surface area contributed by atoms with Crippen molar-refractivity contribution in [3.63, 3.8) is 0 Å². The van der Waals surface area contributed by atoms with Gasteiger partial charge >= 0.3 is 5.69 Å². The lowest BCUT2D eigenvalue weighted by Crippen LogP contribution is -2.38. The Hall–Kier alpha value is -2.91. The van der Waals surface area contributed by atoms with Gasteiger partial charge in [0.15, 0.2) is 11.2 Å². The topological polar surface area (TPSA) is 106 Å². The van der Waals surface area contributed by atoms with E-state index in [4.69, 9.17) is 0 Å². The quantitative estimate of drug-likeness (QED) is 0.582. The van der Waals surface area contributed by atoms with Gasteiger partial charge in [-0.05, 0) is 12.5 Å². The summed E-state index contributed by atoms with van der Waals surface area (Å²) in [5, 5.41) is 19.4. The van der Waals surface area contributed by atoms with Crippen LogP contribution in [0.25, 0.3) is 11.2 Å². The Morgan fingerprint density at radius 2 is 1.82 bits per heavy atom. The van der Waals surface area contributed by atoms with E-state index in [2.05, 4.69) is 4.98 Å². The Morgan fingerprint density at radius 3 is 2.43 bits per heavy atom. The molecule has 3 rings (SSSR count). The zero-order valence-corrected chi connectivity index (χ0v) is 16.2. The number of fused-ring (bicyclic) bond motifs is 1. The number of hydrogen-bond donors (Lipinski definition) is 2. The van der Waals surface area contributed by atoms with Crippen molar-refractivity contribution in [1.82, 2.24) is 18.7 Å². The molecule has 1 unspecified atom stereocenters. The van der Waals surface area contributed by atoms with Gasteiger partial charge < -0.3 is 19.7 Å². The lowest BCUT2D eigenvalue weighted by atomic mass is 10.2. The minimum Gasteiger partial charge on any atom is -0.394 e. The Bertz CT molecular complexity index is 1080. The first kappa shape index (κ1) is 19.8. The zero-order chi connectivity index (χ0) is 20.4. The minimum atomic E-state index is -1.06. The SMILES string of the molecule is CCN(Cc1ccccc1)c1nc2c(c(=O)n(C)c(=O)n2C)n1CC(O)CO. The van der Waals surface area contributed by atoms with E-state index >= 15 is 0 Å². The van der Waals surface area contributed by atoms with Crippen molar-refractivity contribution >= 4 is 17.1 Å². The fraction of sp³-hybridized carbons (Fsp3) is 0.421. The van der Waals surface area contributed by atoms with Gasteiger partial charge in [-0.25, -0.2) is 4.79 Å². The maximum absolute atomic E-state index is 12.8. The number of anilines is 1. The van der Waals surface area contributed by atoms with Crippen molar-refractivity contribution in [2.45, 2.75) is 26.1 Å². The average molecular weight is 387 g/mol. The number of imidazole rings is 1. The van der Waals surface area contributed by atoms with Gasteiger partial charge in [-0.15, -0.1) is 0 Å². The van der Waals surface area contributed by atoms with Crippen LogP contribution in [0.2, 0.25) is 0 Å². The van der Waals surface area contributed by atoms with Crippen LogP contribution < -0.4 is 16.1 Å². The van der Waals surface area contributed by atoms with Crippen LogP contribution in [-0.4, -0.2) is 48.2 Å². The summed E-state index contributed by atoms with van der Waals surface area (Å²) >= 11 is 0. The summed E-state index contributed by atoms with van der Waals surface area (Å²) in [5.41, 5.74) is 0.575. The number of aliphatic hydroxyl groups is 2. The molecule has 0 saturated carbocycles. The standard InChI is InChI=1S/C19H25N5O4/c1-4-23(10-13-8-6-5-7-9-13)18-20-16-15(24(18)11-14(26)12-25)17(27)22(3)19(28)21(16)2/h5-9,14,25-26H,4,10-12H2,1-3H3. The molecule has 1 atom stereocenters. The summed E-state index contributed by atoms with van der Waals surface area (Å²) in [7, 11) is 2.96. The lowest BCUT2D eigenvalue weighted by Gasteiger charge is -2.24. The van der Waals surface area contributed by atoms with Crippen molar-refractivity contribution in [2.75, 3.05) is 18.1 Å². The van der Waals surface area contributed by atoms with Crippen LogP contribution >= 0.6 is 0 Å². The summed E-state index contributed by atoms with van der Waals surface area (Å²) in [4.78, 5) is 31.6. The molecule has 0 aliphatic rings. The first-order valence-corrected chi connectivity index (χ1v) is 9.13. The molecule has 28 heavy (non-hydrogen) atoms. The van der Waals surface area contributed by atoms with Crippen LogP contribution in [0, 0.1) is 0 Å². The van der Waals surface area contributed by atoms with E-state index < -0.39 is 24.0 Å². The second-order valence-corrected chi connectivity index (χ2v) is 6.74. The van der Waals surface area contributed by atoms with Crippen LogP contribution in [0.3, 0.4) is 0 Å². The lowest BCUT2D eigenvalue weighted by molar-refractivity contribution is 0.0823. The molecule has 0 aliphatic carbocycles. The number of benzene rings is 1. The van der Waals surface area contributed by atoms with Crippen LogP contribution in [0.5, 0.6) is 0 Å². The second kappa shape index (κ2) is 7.99. The van der Waals surface area contributed by atoms with Gasteiger partial charge in [-0.1, -0.05) is 30.3 Å². The highest BCUT2D eigenvalue weighted by molar-refractivity contribution is 5.74. The molecule has 2 aromatic heterocycles. The van der Waals surface area contributed by atoms with E-state index in [1.54, 1.807) is 11.6 Å². The van der Waals surface area contributed by atoms with Gasteiger partial charge in [-0.3, -0.25) is 13.9 Å². The molecule has 2 N–H and O–H groups in total. The first-order valence-electron chi connectivity index (χ1n) is 9.13. The molecule has 2 heterocycles. The van der Waals surface area contributed by atoms with Gasteiger partial charge in [0.25, 0.3) is 5.56 Å². The third-order valence-electron chi connectivity index (χ3n) is 4.81. The van der Waals surface area contributed by atoms with Crippen LogP contribution in [0.1, 0.15) is 12.5 Å². The molecule has 0 spiro atoms. The van der Waals surface area contributed by atoms with Crippen LogP contribution in [0.4, 0.5) is 5.95 Å². The molecule has 3 aromatic rings. The molecule has 0 aliphatic heterocycles. The maximum atomic E-state index is 12.8. The molecule has 9 nitrogen and oxygen atoms in total. The Labute approximate surface area is 161 Å². The van der Waals surface area contributed by atoms with E-state index in [0.29, 0.717) is 19.0 Å². The molecular weight excluding hydrogens is 362 g/mol. The molecule has 0 bridgehead atoms. The Balaban J connectivity index is 2.24. The number of aromatic nitrogens is 4. The number of rotatable bonds is 7. The second-order valence-electron chi connectivity index (χ2n) is 6.74. The zero-order valence-electron chi connectivity index (χ0n) is 16.2. The first-order chi connectivity index (χ1) is 13.4. The van der Waals surface area contributed by atoms with Gasteiger partial charge in [-0.2, -0.15) is 4.98 Å². The molecular formula is C19H25N5O4. The Kier molecular flexibility index (Phi) is 5.66. The van der Waals surface area contributed by atoms with Crippen molar-refractivity contribution in [3.05, 3.63) is 56.7 Å². The summed E-state index contributed by atoms with van der Waals surface area (Å²) in [6.45, 7) is 2.65. The van der Waals surface area contributed by atoms with Crippen molar-refractivity contribution in [3.8, 4) is 0 Å². The summed E-state index contributed by atoms with van der Waals surface area (Å²) < 4.78 is 3.92. The smallest absolute Gasteiger partial charge is 0.332 e. The fourth-order valence-electron chi connectivity index (χ4n) is 3.25.